The molecule has 0 aliphatic rings. The van der Waals surface area contributed by atoms with Gasteiger partial charge in [-0.2, -0.15) is 0 Å². The van der Waals surface area contributed by atoms with Crippen LogP contribution in [0.3, 0.4) is 0 Å². The molecule has 0 aromatic heterocycles. The van der Waals surface area contributed by atoms with Crippen molar-refractivity contribution in [3.63, 3.8) is 0 Å². The summed E-state index contributed by atoms with van der Waals surface area (Å²) in [6.45, 7) is 5.94. The Labute approximate surface area is 159 Å². The third-order valence-corrected chi connectivity index (χ3v) is 4.54. The molecule has 0 atom stereocenters. The van der Waals surface area contributed by atoms with Gasteiger partial charge in [-0.05, 0) is 74.4 Å². The number of rotatable bonds is 4. The van der Waals surface area contributed by atoms with Crippen LogP contribution in [0.1, 0.15) is 37.4 Å². The van der Waals surface area contributed by atoms with Gasteiger partial charge in [0.25, 0.3) is 11.8 Å². The minimum atomic E-state index is -0.180. The van der Waals surface area contributed by atoms with Crippen LogP contribution in [0.15, 0.2) is 66.7 Å². The Morgan fingerprint density at radius 2 is 1.37 bits per heavy atom. The summed E-state index contributed by atoms with van der Waals surface area (Å²) in [5.41, 5.74) is 5.79. The van der Waals surface area contributed by atoms with E-state index in [1.165, 1.54) is 0 Å². The first-order valence-corrected chi connectivity index (χ1v) is 8.79. The summed E-state index contributed by atoms with van der Waals surface area (Å²) in [6, 6.07) is 20.1. The highest BCUT2D eigenvalue weighted by Crippen LogP contribution is 2.19. The topological polar surface area (TPSA) is 58.2 Å². The van der Waals surface area contributed by atoms with Crippen molar-refractivity contribution in [2.75, 3.05) is 10.6 Å². The maximum Gasteiger partial charge on any atom is 0.255 e. The minimum Gasteiger partial charge on any atom is -0.322 e. The Bertz CT molecular complexity index is 992. The summed E-state index contributed by atoms with van der Waals surface area (Å²) in [4.78, 5) is 24.8. The van der Waals surface area contributed by atoms with Crippen LogP contribution in [0.5, 0.6) is 0 Å². The summed E-state index contributed by atoms with van der Waals surface area (Å²) in [7, 11) is 0. The van der Waals surface area contributed by atoms with E-state index in [4.69, 9.17) is 0 Å². The van der Waals surface area contributed by atoms with Crippen molar-refractivity contribution < 1.29 is 9.59 Å². The number of amides is 2. The minimum absolute atomic E-state index is 0.175. The van der Waals surface area contributed by atoms with Gasteiger partial charge in [0, 0.05) is 22.5 Å². The van der Waals surface area contributed by atoms with Gasteiger partial charge in [-0.15, -0.1) is 0 Å². The Balaban J connectivity index is 1.68. The van der Waals surface area contributed by atoms with E-state index in [9.17, 15) is 9.59 Å². The molecule has 0 radical (unpaired) electrons. The largest absolute Gasteiger partial charge is 0.322 e. The molecule has 0 heterocycles. The van der Waals surface area contributed by atoms with E-state index < -0.39 is 0 Å². The van der Waals surface area contributed by atoms with E-state index >= 15 is 0 Å². The Morgan fingerprint density at radius 1 is 0.704 bits per heavy atom. The molecule has 0 saturated heterocycles. The first kappa shape index (κ1) is 18.4. The molecule has 0 saturated carbocycles. The number of aryl methyl sites for hydroxylation is 2. The second-order valence-electron chi connectivity index (χ2n) is 6.60. The van der Waals surface area contributed by atoms with Gasteiger partial charge in [0.2, 0.25) is 0 Å². The quantitative estimate of drug-likeness (QED) is 0.680. The van der Waals surface area contributed by atoms with Gasteiger partial charge in [-0.1, -0.05) is 29.8 Å². The van der Waals surface area contributed by atoms with Crippen molar-refractivity contribution in [2.24, 2.45) is 0 Å². The van der Waals surface area contributed by atoms with Gasteiger partial charge in [0.05, 0.1) is 0 Å². The zero-order valence-corrected chi connectivity index (χ0v) is 15.7. The third kappa shape index (κ3) is 4.42. The Morgan fingerprint density at radius 3 is 2.07 bits per heavy atom. The molecule has 3 rings (SSSR count). The summed E-state index contributed by atoms with van der Waals surface area (Å²) in [5.74, 6) is -0.355. The predicted octanol–water partition coefficient (Wildman–Crippen LogP) is 5.12. The fourth-order valence-corrected chi connectivity index (χ4v) is 2.78. The molecule has 4 nitrogen and oxygen atoms in total. The van der Waals surface area contributed by atoms with E-state index in [0.717, 1.165) is 22.4 Å². The number of nitrogens with one attached hydrogen (secondary N) is 2. The summed E-state index contributed by atoms with van der Waals surface area (Å²) in [6.07, 6.45) is 0. The van der Waals surface area contributed by atoms with Gasteiger partial charge < -0.3 is 10.6 Å². The number of carbonyl (C=O) groups is 2. The van der Waals surface area contributed by atoms with Crippen molar-refractivity contribution in [1.29, 1.82) is 0 Å². The predicted molar refractivity (Wildman–Crippen MR) is 109 cm³/mol. The molecular weight excluding hydrogens is 336 g/mol. The highest BCUT2D eigenvalue weighted by atomic mass is 16.2. The standard InChI is InChI=1S/C23H22N2O2/c1-15-6-4-8-19(14-15)23(27)24-20-12-10-18(11-13-20)22(26)25-21-9-5-7-16(2)17(21)3/h4-14H,1-3H3,(H,24,27)(H,25,26). The lowest BCUT2D eigenvalue weighted by atomic mass is 10.1. The normalized spacial score (nSPS) is 10.3. The Kier molecular flexibility index (Phi) is 5.36. The SMILES string of the molecule is Cc1cccc(C(=O)Nc2ccc(C(=O)Nc3cccc(C)c3C)cc2)c1. The summed E-state index contributed by atoms with van der Waals surface area (Å²) in [5, 5.41) is 5.78. The maximum atomic E-state index is 12.5. The van der Waals surface area contributed by atoms with E-state index in [1.807, 2.05) is 57.2 Å². The van der Waals surface area contributed by atoms with Crippen LogP contribution < -0.4 is 10.6 Å². The van der Waals surface area contributed by atoms with Crippen LogP contribution in [0.4, 0.5) is 11.4 Å². The van der Waals surface area contributed by atoms with Crippen LogP contribution in [-0.4, -0.2) is 11.8 Å². The molecule has 2 N–H and O–H groups in total. The van der Waals surface area contributed by atoms with Gasteiger partial charge in [-0.3, -0.25) is 9.59 Å². The van der Waals surface area contributed by atoms with Crippen LogP contribution >= 0.6 is 0 Å². The van der Waals surface area contributed by atoms with E-state index in [-0.39, 0.29) is 11.8 Å². The number of hydrogen-bond donors (Lipinski definition) is 2. The Hall–Kier alpha value is -3.40. The lowest BCUT2D eigenvalue weighted by Crippen LogP contribution is -2.14. The first-order chi connectivity index (χ1) is 12.9. The monoisotopic (exact) mass is 358 g/mol. The summed E-state index contributed by atoms with van der Waals surface area (Å²) >= 11 is 0. The molecule has 3 aromatic rings. The highest BCUT2D eigenvalue weighted by molar-refractivity contribution is 6.06. The smallest absolute Gasteiger partial charge is 0.255 e. The van der Waals surface area contributed by atoms with Gasteiger partial charge in [0.1, 0.15) is 0 Å². The number of benzene rings is 3. The molecule has 0 unspecified atom stereocenters. The van der Waals surface area contributed by atoms with Crippen molar-refractivity contribution in [3.8, 4) is 0 Å². The fourth-order valence-electron chi connectivity index (χ4n) is 2.78. The molecule has 2 amide bonds. The van der Waals surface area contributed by atoms with Gasteiger partial charge in [-0.25, -0.2) is 0 Å². The molecule has 0 spiro atoms. The molecule has 0 bridgehead atoms. The first-order valence-electron chi connectivity index (χ1n) is 8.79. The average molecular weight is 358 g/mol. The number of carbonyl (C=O) groups excluding carboxylic acids is 2. The third-order valence-electron chi connectivity index (χ3n) is 4.54. The molecule has 0 aliphatic carbocycles. The second-order valence-corrected chi connectivity index (χ2v) is 6.60. The van der Waals surface area contributed by atoms with Crippen molar-refractivity contribution in [1.82, 2.24) is 0 Å². The van der Waals surface area contributed by atoms with E-state index in [2.05, 4.69) is 10.6 Å². The molecule has 0 aliphatic heterocycles. The van der Waals surface area contributed by atoms with Gasteiger partial charge >= 0.3 is 0 Å². The molecule has 136 valence electrons. The zero-order chi connectivity index (χ0) is 19.4. The lowest BCUT2D eigenvalue weighted by Gasteiger charge is -2.11. The van der Waals surface area contributed by atoms with Crippen LogP contribution in [-0.2, 0) is 0 Å². The molecule has 4 heteroatoms. The van der Waals surface area contributed by atoms with Gasteiger partial charge in [0.15, 0.2) is 0 Å². The molecule has 0 fully saturated rings. The van der Waals surface area contributed by atoms with Crippen molar-refractivity contribution in [3.05, 3.63) is 94.5 Å². The van der Waals surface area contributed by atoms with Crippen LogP contribution in [0.2, 0.25) is 0 Å². The molecular formula is C23H22N2O2. The maximum absolute atomic E-state index is 12.5. The average Bonchev–Trinajstić information content (AvgIpc) is 2.66. The van der Waals surface area contributed by atoms with E-state index in [0.29, 0.717) is 16.8 Å². The van der Waals surface area contributed by atoms with Crippen LogP contribution in [0.25, 0.3) is 0 Å². The number of hydrogen-bond acceptors (Lipinski definition) is 2. The number of anilines is 2. The molecule has 3 aromatic carbocycles. The fraction of sp³-hybridized carbons (Fsp3) is 0.130. The zero-order valence-electron chi connectivity index (χ0n) is 15.7. The summed E-state index contributed by atoms with van der Waals surface area (Å²) < 4.78 is 0. The van der Waals surface area contributed by atoms with Crippen molar-refractivity contribution in [2.45, 2.75) is 20.8 Å². The van der Waals surface area contributed by atoms with Crippen molar-refractivity contribution >= 4 is 23.2 Å². The molecule has 27 heavy (non-hydrogen) atoms. The lowest BCUT2D eigenvalue weighted by molar-refractivity contribution is 0.102. The van der Waals surface area contributed by atoms with Crippen LogP contribution in [0, 0.1) is 20.8 Å². The highest BCUT2D eigenvalue weighted by Gasteiger charge is 2.10. The van der Waals surface area contributed by atoms with E-state index in [1.54, 1.807) is 30.3 Å². The second kappa shape index (κ2) is 7.87.